The molecule has 1 aliphatic rings. The van der Waals surface area contributed by atoms with E-state index >= 15 is 0 Å². The fourth-order valence-electron chi connectivity index (χ4n) is 3.29. The predicted octanol–water partition coefficient (Wildman–Crippen LogP) is 5.04. The number of hydrogen-bond donors (Lipinski definition) is 1. The molecule has 27 heavy (non-hydrogen) atoms. The summed E-state index contributed by atoms with van der Waals surface area (Å²) in [5.41, 5.74) is 8.46. The highest BCUT2D eigenvalue weighted by atomic mass is 35.5. The third kappa shape index (κ3) is 3.91. The number of hydrogen-bond acceptors (Lipinski definition) is 3. The Balaban J connectivity index is 1.77. The van der Waals surface area contributed by atoms with Crippen LogP contribution >= 0.6 is 11.6 Å². The number of rotatable bonds is 3. The van der Waals surface area contributed by atoms with Crippen LogP contribution < -0.4 is 10.3 Å². The van der Waals surface area contributed by atoms with Gasteiger partial charge in [-0.3, -0.25) is 4.79 Å². The van der Waals surface area contributed by atoms with Crippen molar-refractivity contribution in [1.29, 1.82) is 0 Å². The van der Waals surface area contributed by atoms with Gasteiger partial charge in [-0.2, -0.15) is 5.10 Å². The SMILES string of the molecule is CC1=CC(C)(C)N(C)c2ccc(/C=N/NC(=O)c3ccc(C)cc3Cl)cc21. The number of aryl methyl sites for hydroxylation is 1. The molecule has 0 fully saturated rings. The maximum atomic E-state index is 12.2. The second-order valence-electron chi connectivity index (χ2n) is 7.50. The molecule has 0 unspecified atom stereocenters. The minimum Gasteiger partial charge on any atom is -0.366 e. The lowest BCUT2D eigenvalue weighted by molar-refractivity contribution is 0.0955. The highest BCUT2D eigenvalue weighted by molar-refractivity contribution is 6.33. The van der Waals surface area contributed by atoms with Crippen molar-refractivity contribution in [2.45, 2.75) is 33.2 Å². The van der Waals surface area contributed by atoms with E-state index in [-0.39, 0.29) is 11.4 Å². The van der Waals surface area contributed by atoms with Crippen molar-refractivity contribution in [3.63, 3.8) is 0 Å². The standard InChI is InChI=1S/C22H24ClN3O/c1-14-6-8-17(19(23)10-14)21(27)25-24-13-16-7-9-20-18(11-16)15(2)12-22(3,4)26(20)5/h6-13H,1-5H3,(H,25,27)/b24-13+. The molecule has 0 spiro atoms. The zero-order valence-corrected chi connectivity index (χ0v) is 17.1. The van der Waals surface area contributed by atoms with Gasteiger partial charge in [-0.05, 0) is 68.7 Å². The first-order valence-corrected chi connectivity index (χ1v) is 9.24. The summed E-state index contributed by atoms with van der Waals surface area (Å²) in [6.45, 7) is 8.44. The molecule has 0 bridgehead atoms. The Morgan fingerprint density at radius 3 is 2.63 bits per heavy atom. The molecule has 1 heterocycles. The van der Waals surface area contributed by atoms with Crippen molar-refractivity contribution in [3.05, 3.63) is 69.8 Å². The normalized spacial score (nSPS) is 15.5. The Bertz CT molecular complexity index is 960. The molecule has 1 aliphatic heterocycles. The van der Waals surface area contributed by atoms with E-state index < -0.39 is 0 Å². The lowest BCUT2D eigenvalue weighted by Gasteiger charge is -2.40. The van der Waals surface area contributed by atoms with Crippen LogP contribution in [0.3, 0.4) is 0 Å². The van der Waals surface area contributed by atoms with Crippen molar-refractivity contribution in [2.75, 3.05) is 11.9 Å². The molecule has 0 radical (unpaired) electrons. The van der Waals surface area contributed by atoms with Crippen molar-refractivity contribution in [3.8, 4) is 0 Å². The number of allylic oxidation sites excluding steroid dienone is 1. The van der Waals surface area contributed by atoms with Gasteiger partial charge in [0.05, 0.1) is 22.3 Å². The number of anilines is 1. The van der Waals surface area contributed by atoms with E-state index in [4.69, 9.17) is 11.6 Å². The molecule has 0 aliphatic carbocycles. The van der Waals surface area contributed by atoms with E-state index in [2.05, 4.69) is 61.5 Å². The summed E-state index contributed by atoms with van der Waals surface area (Å²) >= 11 is 6.13. The Kier molecular flexibility index (Phi) is 5.11. The van der Waals surface area contributed by atoms with Crippen LogP contribution in [0.4, 0.5) is 5.69 Å². The lowest BCUT2D eigenvalue weighted by Crippen LogP contribution is -2.42. The molecule has 140 valence electrons. The lowest BCUT2D eigenvalue weighted by atomic mass is 9.89. The van der Waals surface area contributed by atoms with Crippen molar-refractivity contribution in [2.24, 2.45) is 5.10 Å². The summed E-state index contributed by atoms with van der Waals surface area (Å²) in [7, 11) is 2.10. The van der Waals surface area contributed by atoms with Gasteiger partial charge in [0.25, 0.3) is 5.91 Å². The Morgan fingerprint density at radius 1 is 1.19 bits per heavy atom. The Morgan fingerprint density at radius 2 is 1.93 bits per heavy atom. The summed E-state index contributed by atoms with van der Waals surface area (Å²) < 4.78 is 0. The van der Waals surface area contributed by atoms with Crippen LogP contribution in [-0.2, 0) is 0 Å². The number of nitrogens with one attached hydrogen (secondary N) is 1. The molecule has 0 saturated heterocycles. The van der Waals surface area contributed by atoms with Gasteiger partial charge >= 0.3 is 0 Å². The maximum absolute atomic E-state index is 12.2. The molecule has 4 nitrogen and oxygen atoms in total. The molecule has 1 N–H and O–H groups in total. The summed E-state index contributed by atoms with van der Waals surface area (Å²) in [5.74, 6) is -0.327. The third-order valence-corrected chi connectivity index (χ3v) is 5.30. The zero-order valence-electron chi connectivity index (χ0n) is 16.3. The summed E-state index contributed by atoms with van der Waals surface area (Å²) in [4.78, 5) is 14.5. The Hall–Kier alpha value is -2.59. The average molecular weight is 382 g/mol. The van der Waals surface area contributed by atoms with Crippen molar-refractivity contribution in [1.82, 2.24) is 5.43 Å². The van der Waals surface area contributed by atoms with E-state index in [9.17, 15) is 4.79 Å². The van der Waals surface area contributed by atoms with Gasteiger partial charge < -0.3 is 4.90 Å². The minimum absolute atomic E-state index is 0.0199. The maximum Gasteiger partial charge on any atom is 0.272 e. The van der Waals surface area contributed by atoms with Crippen molar-refractivity contribution < 1.29 is 4.79 Å². The smallest absolute Gasteiger partial charge is 0.272 e. The second kappa shape index (κ2) is 7.20. The van der Waals surface area contributed by atoms with Crippen LogP contribution in [-0.4, -0.2) is 24.7 Å². The highest BCUT2D eigenvalue weighted by Crippen LogP contribution is 2.37. The summed E-state index contributed by atoms with van der Waals surface area (Å²) in [6, 6.07) is 11.5. The predicted molar refractivity (Wildman–Crippen MR) is 114 cm³/mol. The number of carbonyl (C=O) groups is 1. The molecular weight excluding hydrogens is 358 g/mol. The molecule has 3 rings (SSSR count). The van der Waals surface area contributed by atoms with Gasteiger partial charge in [0.1, 0.15) is 0 Å². The van der Waals surface area contributed by atoms with Crippen LogP contribution in [0.1, 0.15) is 47.8 Å². The molecular formula is C22H24ClN3O. The van der Waals surface area contributed by atoms with Crippen LogP contribution in [0.5, 0.6) is 0 Å². The number of carbonyl (C=O) groups excluding carboxylic acids is 1. The molecule has 2 aromatic rings. The van der Waals surface area contributed by atoms with Gasteiger partial charge in [0, 0.05) is 18.3 Å². The molecule has 2 aromatic carbocycles. The quantitative estimate of drug-likeness (QED) is 0.597. The van der Waals surface area contributed by atoms with E-state index in [1.54, 1.807) is 18.3 Å². The highest BCUT2D eigenvalue weighted by Gasteiger charge is 2.28. The van der Waals surface area contributed by atoms with E-state index in [0.29, 0.717) is 10.6 Å². The molecule has 1 amide bonds. The molecule has 5 heteroatoms. The topological polar surface area (TPSA) is 44.7 Å². The molecule has 0 atom stereocenters. The van der Waals surface area contributed by atoms with Crippen LogP contribution in [0, 0.1) is 6.92 Å². The van der Waals surface area contributed by atoms with Crippen LogP contribution in [0.2, 0.25) is 5.02 Å². The summed E-state index contributed by atoms with van der Waals surface area (Å²) in [5, 5.41) is 4.51. The number of likely N-dealkylation sites (N-methyl/N-ethyl adjacent to an activating group) is 1. The first-order valence-electron chi connectivity index (χ1n) is 8.86. The fraction of sp³-hybridized carbons (Fsp3) is 0.273. The molecule has 0 saturated carbocycles. The van der Waals surface area contributed by atoms with Gasteiger partial charge in [0.2, 0.25) is 0 Å². The number of halogens is 1. The number of amides is 1. The van der Waals surface area contributed by atoms with Gasteiger partial charge in [-0.15, -0.1) is 0 Å². The van der Waals surface area contributed by atoms with Crippen LogP contribution in [0.25, 0.3) is 5.57 Å². The number of benzene rings is 2. The first kappa shape index (κ1) is 19.2. The zero-order chi connectivity index (χ0) is 19.8. The largest absolute Gasteiger partial charge is 0.366 e. The van der Waals surface area contributed by atoms with E-state index in [1.165, 1.54) is 16.8 Å². The number of fused-ring (bicyclic) bond motifs is 1. The Labute approximate surface area is 165 Å². The average Bonchev–Trinajstić information content (AvgIpc) is 2.59. The van der Waals surface area contributed by atoms with E-state index in [0.717, 1.165) is 11.1 Å². The molecule has 0 aromatic heterocycles. The van der Waals surface area contributed by atoms with Crippen LogP contribution in [0.15, 0.2) is 47.6 Å². The van der Waals surface area contributed by atoms with E-state index in [1.807, 2.05) is 19.1 Å². The number of nitrogens with zero attached hydrogens (tertiary/aromatic N) is 2. The third-order valence-electron chi connectivity index (χ3n) is 4.99. The first-order chi connectivity index (χ1) is 12.7. The van der Waals surface area contributed by atoms with Crippen molar-refractivity contribution >= 4 is 35.0 Å². The second-order valence-corrected chi connectivity index (χ2v) is 7.91. The fourth-order valence-corrected chi connectivity index (χ4v) is 3.61. The monoisotopic (exact) mass is 381 g/mol. The van der Waals surface area contributed by atoms with Gasteiger partial charge in [-0.1, -0.05) is 29.8 Å². The summed E-state index contributed by atoms with van der Waals surface area (Å²) in [6.07, 6.45) is 3.91. The minimum atomic E-state index is -0.327. The number of hydrazone groups is 1. The van der Waals surface area contributed by atoms with Gasteiger partial charge in [-0.25, -0.2) is 5.43 Å². The van der Waals surface area contributed by atoms with Gasteiger partial charge in [0.15, 0.2) is 0 Å².